The largest absolute Gasteiger partial charge is 0.462 e. The summed E-state index contributed by atoms with van der Waals surface area (Å²) in [4.78, 5) is 39.5. The number of benzene rings is 1. The van der Waals surface area contributed by atoms with E-state index >= 15 is 0 Å². The average molecular weight is 361 g/mol. The highest BCUT2D eigenvalue weighted by Crippen LogP contribution is 2.23. The van der Waals surface area contributed by atoms with E-state index in [0.29, 0.717) is 30.9 Å². The van der Waals surface area contributed by atoms with Gasteiger partial charge < -0.3 is 14.4 Å². The Bertz CT molecular complexity index is 692. The van der Waals surface area contributed by atoms with Crippen LogP contribution in [0.5, 0.6) is 0 Å². The SMILES string of the molecule is CCOC(=O)c1ccc(N2C(=O)C[C@H]([NH+]3C[C@@H](C)O[C@H](C)C3)C2=O)cc1. The van der Waals surface area contributed by atoms with Gasteiger partial charge in [-0.05, 0) is 45.0 Å². The molecule has 0 spiro atoms. The van der Waals surface area contributed by atoms with Crippen LogP contribution in [0.1, 0.15) is 37.6 Å². The highest BCUT2D eigenvalue weighted by atomic mass is 16.5. The number of rotatable bonds is 4. The van der Waals surface area contributed by atoms with Crippen LogP contribution in [0.4, 0.5) is 5.69 Å². The zero-order valence-corrected chi connectivity index (χ0v) is 15.4. The summed E-state index contributed by atoms with van der Waals surface area (Å²) in [5.41, 5.74) is 0.886. The van der Waals surface area contributed by atoms with Gasteiger partial charge in [-0.2, -0.15) is 0 Å². The van der Waals surface area contributed by atoms with Crippen LogP contribution in [0.2, 0.25) is 0 Å². The van der Waals surface area contributed by atoms with Gasteiger partial charge in [0.15, 0.2) is 6.04 Å². The summed E-state index contributed by atoms with van der Waals surface area (Å²) in [7, 11) is 0. The summed E-state index contributed by atoms with van der Waals surface area (Å²) in [5, 5.41) is 0. The Balaban J connectivity index is 1.76. The molecule has 7 heteroatoms. The van der Waals surface area contributed by atoms with Gasteiger partial charge in [0.1, 0.15) is 25.3 Å². The minimum Gasteiger partial charge on any atom is -0.462 e. The number of anilines is 1. The Kier molecular flexibility index (Phi) is 5.38. The van der Waals surface area contributed by atoms with E-state index in [4.69, 9.17) is 9.47 Å². The molecule has 2 aliphatic heterocycles. The number of ether oxygens (including phenoxy) is 2. The molecule has 0 aromatic heterocycles. The molecule has 2 amide bonds. The summed E-state index contributed by atoms with van der Waals surface area (Å²) in [6, 6.07) is 6.01. The molecule has 26 heavy (non-hydrogen) atoms. The van der Waals surface area contributed by atoms with E-state index in [-0.39, 0.29) is 36.5 Å². The number of amides is 2. The molecule has 1 N–H and O–H groups in total. The number of hydrogen-bond donors (Lipinski definition) is 1. The number of esters is 1. The summed E-state index contributed by atoms with van der Waals surface area (Å²) in [5.74, 6) is -0.810. The Morgan fingerprint density at radius 3 is 2.38 bits per heavy atom. The summed E-state index contributed by atoms with van der Waals surface area (Å²) in [6.07, 6.45) is 0.330. The molecular formula is C19H25N2O5+. The first-order chi connectivity index (χ1) is 12.4. The maximum absolute atomic E-state index is 12.9. The van der Waals surface area contributed by atoms with Crippen molar-refractivity contribution >= 4 is 23.5 Å². The second-order valence-electron chi connectivity index (χ2n) is 6.92. The number of morpholine rings is 1. The van der Waals surface area contributed by atoms with Crippen LogP contribution in [0.15, 0.2) is 24.3 Å². The van der Waals surface area contributed by atoms with Crippen LogP contribution in [0, 0.1) is 0 Å². The van der Waals surface area contributed by atoms with Crippen molar-refractivity contribution in [2.45, 2.75) is 45.4 Å². The van der Waals surface area contributed by atoms with Crippen LogP contribution < -0.4 is 9.80 Å². The van der Waals surface area contributed by atoms with Gasteiger partial charge in [-0.25, -0.2) is 9.69 Å². The quantitative estimate of drug-likeness (QED) is 0.612. The van der Waals surface area contributed by atoms with Gasteiger partial charge in [-0.1, -0.05) is 0 Å². The molecule has 3 atom stereocenters. The van der Waals surface area contributed by atoms with Crippen LogP contribution in [0.25, 0.3) is 0 Å². The van der Waals surface area contributed by atoms with Gasteiger partial charge in [-0.3, -0.25) is 9.59 Å². The van der Waals surface area contributed by atoms with Crippen molar-refractivity contribution in [3.8, 4) is 0 Å². The van der Waals surface area contributed by atoms with Gasteiger partial charge in [0.2, 0.25) is 5.91 Å². The lowest BCUT2D eigenvalue weighted by atomic mass is 10.1. The van der Waals surface area contributed by atoms with E-state index < -0.39 is 5.97 Å². The molecule has 1 aromatic carbocycles. The fraction of sp³-hybridized carbons (Fsp3) is 0.526. The number of carbonyl (C=O) groups excluding carboxylic acids is 3. The second-order valence-corrected chi connectivity index (χ2v) is 6.92. The van der Waals surface area contributed by atoms with E-state index in [1.165, 1.54) is 4.90 Å². The van der Waals surface area contributed by atoms with Crippen molar-refractivity contribution in [2.24, 2.45) is 0 Å². The first-order valence-corrected chi connectivity index (χ1v) is 9.04. The monoisotopic (exact) mass is 361 g/mol. The molecule has 0 saturated carbocycles. The Morgan fingerprint density at radius 1 is 1.19 bits per heavy atom. The van der Waals surface area contributed by atoms with Crippen LogP contribution >= 0.6 is 0 Å². The lowest BCUT2D eigenvalue weighted by Gasteiger charge is -2.34. The van der Waals surface area contributed by atoms with Crippen molar-refractivity contribution < 1.29 is 28.8 Å². The van der Waals surface area contributed by atoms with Crippen molar-refractivity contribution in [1.29, 1.82) is 0 Å². The number of quaternary nitrogens is 1. The summed E-state index contributed by atoms with van der Waals surface area (Å²) < 4.78 is 10.7. The maximum Gasteiger partial charge on any atom is 0.338 e. The lowest BCUT2D eigenvalue weighted by Crippen LogP contribution is -3.19. The van der Waals surface area contributed by atoms with Gasteiger partial charge >= 0.3 is 5.97 Å². The lowest BCUT2D eigenvalue weighted by molar-refractivity contribution is -0.929. The Hall–Kier alpha value is -2.25. The molecule has 3 rings (SSSR count). The third-order valence-corrected chi connectivity index (χ3v) is 4.84. The van der Waals surface area contributed by atoms with Gasteiger partial charge in [0, 0.05) is 0 Å². The van der Waals surface area contributed by atoms with Crippen LogP contribution in [-0.4, -0.2) is 55.7 Å². The number of nitrogens with one attached hydrogen (secondary N) is 1. The van der Waals surface area contributed by atoms with E-state index in [0.717, 1.165) is 4.90 Å². The molecular weight excluding hydrogens is 336 g/mol. The van der Waals surface area contributed by atoms with Crippen molar-refractivity contribution in [3.63, 3.8) is 0 Å². The molecule has 2 fully saturated rings. The molecule has 0 bridgehead atoms. The highest BCUT2D eigenvalue weighted by Gasteiger charge is 2.47. The first-order valence-electron chi connectivity index (χ1n) is 9.04. The molecule has 2 heterocycles. The third kappa shape index (κ3) is 3.64. The molecule has 140 valence electrons. The third-order valence-electron chi connectivity index (χ3n) is 4.84. The Morgan fingerprint density at radius 2 is 1.81 bits per heavy atom. The molecule has 7 nitrogen and oxygen atoms in total. The minimum absolute atomic E-state index is 0.0644. The minimum atomic E-state index is -0.420. The topological polar surface area (TPSA) is 77.3 Å². The predicted molar refractivity (Wildman–Crippen MR) is 94.0 cm³/mol. The maximum atomic E-state index is 12.9. The fourth-order valence-electron chi connectivity index (χ4n) is 3.78. The van der Waals surface area contributed by atoms with E-state index in [1.807, 2.05) is 13.8 Å². The fourth-order valence-corrected chi connectivity index (χ4v) is 3.78. The van der Waals surface area contributed by atoms with E-state index in [2.05, 4.69) is 0 Å². The van der Waals surface area contributed by atoms with Crippen molar-refractivity contribution in [1.82, 2.24) is 0 Å². The van der Waals surface area contributed by atoms with Crippen molar-refractivity contribution in [2.75, 3.05) is 24.6 Å². The smallest absolute Gasteiger partial charge is 0.338 e. The highest BCUT2D eigenvalue weighted by molar-refractivity contribution is 6.21. The summed E-state index contributed by atoms with van der Waals surface area (Å²) >= 11 is 0. The van der Waals surface area contributed by atoms with Crippen molar-refractivity contribution in [3.05, 3.63) is 29.8 Å². The standard InChI is InChI=1S/C19H24N2O5/c1-4-25-19(24)14-5-7-15(8-6-14)21-17(22)9-16(18(21)23)20-10-12(2)26-13(3)11-20/h5-8,12-13,16H,4,9-11H2,1-3H3/p+1/t12-,13-,16+/m1/s1. The van der Waals surface area contributed by atoms with Crippen LogP contribution in [0.3, 0.4) is 0 Å². The Labute approximate surface area is 152 Å². The zero-order valence-electron chi connectivity index (χ0n) is 15.4. The van der Waals surface area contributed by atoms with Crippen LogP contribution in [-0.2, 0) is 19.1 Å². The van der Waals surface area contributed by atoms with E-state index in [9.17, 15) is 14.4 Å². The van der Waals surface area contributed by atoms with Gasteiger partial charge in [0.05, 0.1) is 24.3 Å². The normalized spacial score (nSPS) is 29.1. The molecule has 0 unspecified atom stereocenters. The second kappa shape index (κ2) is 7.55. The first kappa shape index (κ1) is 18.5. The summed E-state index contributed by atoms with van der Waals surface area (Å²) in [6.45, 7) is 7.44. The number of carbonyl (C=O) groups is 3. The molecule has 2 aliphatic rings. The molecule has 2 saturated heterocycles. The average Bonchev–Trinajstić information content (AvgIpc) is 2.89. The number of imide groups is 1. The van der Waals surface area contributed by atoms with E-state index in [1.54, 1.807) is 31.2 Å². The molecule has 0 aliphatic carbocycles. The van der Waals surface area contributed by atoms with Gasteiger partial charge in [0.25, 0.3) is 5.91 Å². The number of nitrogens with zero attached hydrogens (tertiary/aromatic N) is 1. The van der Waals surface area contributed by atoms with Gasteiger partial charge in [-0.15, -0.1) is 0 Å². The zero-order chi connectivity index (χ0) is 18.8. The molecule has 0 radical (unpaired) electrons. The number of hydrogen-bond acceptors (Lipinski definition) is 5. The predicted octanol–water partition coefficient (Wildman–Crippen LogP) is 0.187. The molecule has 1 aromatic rings.